The topological polar surface area (TPSA) is 52.0 Å². The first-order valence-electron chi connectivity index (χ1n) is 6.36. The summed E-state index contributed by atoms with van der Waals surface area (Å²) in [6.07, 6.45) is 2.96. The van der Waals surface area contributed by atoms with E-state index in [1.54, 1.807) is 18.4 Å². The first kappa shape index (κ1) is 14.0. The number of hydrogen-bond donors (Lipinski definition) is 1. The molecule has 2 rings (SSSR count). The third-order valence-electron chi connectivity index (χ3n) is 2.88. The Morgan fingerprint density at radius 2 is 2.37 bits per heavy atom. The number of ether oxygens (including phenoxy) is 1. The van der Waals surface area contributed by atoms with Crippen LogP contribution < -0.4 is 5.32 Å². The third-order valence-corrected chi connectivity index (χ3v) is 3.52. The number of imidazole rings is 1. The van der Waals surface area contributed by atoms with Crippen LogP contribution >= 0.6 is 11.3 Å². The second-order valence-electron chi connectivity index (χ2n) is 4.57. The van der Waals surface area contributed by atoms with E-state index in [9.17, 15) is 0 Å². The summed E-state index contributed by atoms with van der Waals surface area (Å²) >= 11 is 1.63. The average Bonchev–Trinajstić information content (AvgIpc) is 2.99. The molecule has 2 aromatic rings. The number of rotatable bonds is 7. The molecule has 0 spiro atoms. The molecule has 2 aromatic heterocycles. The molecule has 19 heavy (non-hydrogen) atoms. The van der Waals surface area contributed by atoms with Crippen molar-refractivity contribution in [2.75, 3.05) is 25.6 Å². The van der Waals surface area contributed by atoms with Crippen LogP contribution in [-0.4, -0.2) is 34.8 Å². The Balaban J connectivity index is 1.95. The number of nitrogens with zero attached hydrogens (tertiary/aromatic N) is 3. The minimum absolute atomic E-state index is 0.271. The lowest BCUT2D eigenvalue weighted by Crippen LogP contribution is -2.15. The summed E-state index contributed by atoms with van der Waals surface area (Å²) in [6.45, 7) is 5.63. The summed E-state index contributed by atoms with van der Waals surface area (Å²) < 4.78 is 7.33. The third kappa shape index (κ3) is 3.78. The highest BCUT2D eigenvalue weighted by Gasteiger charge is 2.11. The average molecular weight is 280 g/mol. The Hall–Kier alpha value is -1.40. The van der Waals surface area contributed by atoms with Crippen LogP contribution in [0.15, 0.2) is 17.1 Å². The lowest BCUT2D eigenvalue weighted by molar-refractivity contribution is 0.163. The lowest BCUT2D eigenvalue weighted by Gasteiger charge is -2.15. The normalized spacial score (nSPS) is 12.6. The molecule has 1 N–H and O–H groups in total. The Morgan fingerprint density at radius 3 is 3.05 bits per heavy atom. The fourth-order valence-corrected chi connectivity index (χ4v) is 2.56. The highest BCUT2D eigenvalue weighted by molar-refractivity contribution is 7.07. The monoisotopic (exact) mass is 280 g/mol. The number of hydrogen-bond acceptors (Lipinski definition) is 5. The van der Waals surface area contributed by atoms with E-state index in [0.29, 0.717) is 6.61 Å². The van der Waals surface area contributed by atoms with Crippen molar-refractivity contribution < 1.29 is 4.74 Å². The quantitative estimate of drug-likeness (QED) is 0.846. The molecule has 0 bridgehead atoms. The van der Waals surface area contributed by atoms with Crippen LogP contribution in [0.5, 0.6) is 0 Å². The molecule has 0 aliphatic heterocycles. The Kier molecular flexibility index (Phi) is 4.93. The Bertz CT molecular complexity index is 495. The van der Waals surface area contributed by atoms with Crippen molar-refractivity contribution in [1.29, 1.82) is 0 Å². The van der Waals surface area contributed by atoms with Crippen molar-refractivity contribution in [2.45, 2.75) is 26.3 Å². The van der Waals surface area contributed by atoms with Crippen LogP contribution in [0.2, 0.25) is 0 Å². The number of aryl methyl sites for hydroxylation is 1. The predicted octanol–water partition coefficient (Wildman–Crippen LogP) is 2.51. The van der Waals surface area contributed by atoms with Gasteiger partial charge in [-0.1, -0.05) is 0 Å². The van der Waals surface area contributed by atoms with Gasteiger partial charge in [0.25, 0.3) is 0 Å². The SMILES string of the molecule is COCC(C)n1cc(C)nc1NCCc1cscn1. The van der Waals surface area contributed by atoms with Gasteiger partial charge < -0.3 is 14.6 Å². The van der Waals surface area contributed by atoms with E-state index in [2.05, 4.69) is 38.4 Å². The van der Waals surface area contributed by atoms with Crippen molar-refractivity contribution in [3.05, 3.63) is 28.5 Å². The Labute approximate surface area is 117 Å². The summed E-state index contributed by atoms with van der Waals surface area (Å²) in [5, 5.41) is 5.45. The van der Waals surface area contributed by atoms with E-state index < -0.39 is 0 Å². The summed E-state index contributed by atoms with van der Waals surface area (Å²) in [7, 11) is 1.72. The smallest absolute Gasteiger partial charge is 0.203 e. The van der Waals surface area contributed by atoms with Crippen molar-refractivity contribution in [2.24, 2.45) is 0 Å². The van der Waals surface area contributed by atoms with Crippen LogP contribution in [0, 0.1) is 6.92 Å². The van der Waals surface area contributed by atoms with Gasteiger partial charge in [-0.05, 0) is 13.8 Å². The standard InChI is InChI=1S/C13H20N4OS/c1-10-6-17(11(2)7-18-3)13(16-10)14-5-4-12-8-19-9-15-12/h6,8-9,11H,4-5,7H2,1-3H3,(H,14,16). The molecule has 0 saturated carbocycles. The molecule has 1 atom stereocenters. The zero-order chi connectivity index (χ0) is 13.7. The number of aromatic nitrogens is 3. The van der Waals surface area contributed by atoms with Gasteiger partial charge in [0.15, 0.2) is 0 Å². The van der Waals surface area contributed by atoms with Crippen LogP contribution in [0.25, 0.3) is 0 Å². The van der Waals surface area contributed by atoms with Crippen LogP contribution in [0.4, 0.5) is 5.95 Å². The van der Waals surface area contributed by atoms with Gasteiger partial charge in [-0.15, -0.1) is 11.3 Å². The molecule has 0 saturated heterocycles. The van der Waals surface area contributed by atoms with Gasteiger partial charge in [-0.3, -0.25) is 0 Å². The zero-order valence-corrected chi connectivity index (χ0v) is 12.4. The van der Waals surface area contributed by atoms with Gasteiger partial charge in [0, 0.05) is 31.7 Å². The van der Waals surface area contributed by atoms with Crippen LogP contribution in [0.3, 0.4) is 0 Å². The second kappa shape index (κ2) is 6.68. The van der Waals surface area contributed by atoms with E-state index in [1.807, 2.05) is 12.4 Å². The molecule has 1 unspecified atom stereocenters. The van der Waals surface area contributed by atoms with Crippen LogP contribution in [0.1, 0.15) is 24.4 Å². The number of thiazole rings is 1. The second-order valence-corrected chi connectivity index (χ2v) is 5.29. The largest absolute Gasteiger partial charge is 0.383 e. The lowest BCUT2D eigenvalue weighted by atomic mass is 10.3. The summed E-state index contributed by atoms with van der Waals surface area (Å²) in [4.78, 5) is 8.78. The summed E-state index contributed by atoms with van der Waals surface area (Å²) in [6, 6.07) is 0.271. The maximum atomic E-state index is 5.20. The van der Waals surface area contributed by atoms with Gasteiger partial charge in [0.05, 0.1) is 29.5 Å². The van der Waals surface area contributed by atoms with Gasteiger partial charge in [-0.25, -0.2) is 9.97 Å². The fraction of sp³-hybridized carbons (Fsp3) is 0.538. The van der Waals surface area contributed by atoms with Crippen molar-refractivity contribution in [3.8, 4) is 0 Å². The predicted molar refractivity (Wildman–Crippen MR) is 77.9 cm³/mol. The van der Waals surface area contributed by atoms with E-state index in [1.165, 1.54) is 0 Å². The molecule has 104 valence electrons. The molecule has 2 heterocycles. The molecular formula is C13H20N4OS. The van der Waals surface area contributed by atoms with Gasteiger partial charge in [-0.2, -0.15) is 0 Å². The number of anilines is 1. The van der Waals surface area contributed by atoms with E-state index >= 15 is 0 Å². The fourth-order valence-electron chi connectivity index (χ4n) is 1.97. The molecular weight excluding hydrogens is 260 g/mol. The molecule has 0 radical (unpaired) electrons. The minimum atomic E-state index is 0.271. The highest BCUT2D eigenvalue weighted by atomic mass is 32.1. The van der Waals surface area contributed by atoms with Gasteiger partial charge >= 0.3 is 0 Å². The molecule has 0 aromatic carbocycles. The van der Waals surface area contributed by atoms with E-state index in [4.69, 9.17) is 4.74 Å². The number of methoxy groups -OCH3 is 1. The van der Waals surface area contributed by atoms with Gasteiger partial charge in [0.2, 0.25) is 5.95 Å². The first-order chi connectivity index (χ1) is 9.20. The van der Waals surface area contributed by atoms with Gasteiger partial charge in [0.1, 0.15) is 0 Å². The summed E-state index contributed by atoms with van der Waals surface area (Å²) in [5.74, 6) is 0.900. The minimum Gasteiger partial charge on any atom is -0.383 e. The molecule has 0 aliphatic rings. The van der Waals surface area contributed by atoms with E-state index in [-0.39, 0.29) is 6.04 Å². The molecule has 0 fully saturated rings. The maximum absolute atomic E-state index is 5.20. The molecule has 0 amide bonds. The van der Waals surface area contributed by atoms with Crippen molar-refractivity contribution >= 4 is 17.3 Å². The van der Waals surface area contributed by atoms with Crippen molar-refractivity contribution in [3.63, 3.8) is 0 Å². The zero-order valence-electron chi connectivity index (χ0n) is 11.6. The van der Waals surface area contributed by atoms with Crippen molar-refractivity contribution in [1.82, 2.24) is 14.5 Å². The molecule has 0 aliphatic carbocycles. The maximum Gasteiger partial charge on any atom is 0.203 e. The summed E-state index contributed by atoms with van der Waals surface area (Å²) in [5.41, 5.74) is 4.00. The van der Waals surface area contributed by atoms with Crippen LogP contribution in [-0.2, 0) is 11.2 Å². The first-order valence-corrected chi connectivity index (χ1v) is 7.30. The Morgan fingerprint density at radius 1 is 1.53 bits per heavy atom. The molecule has 6 heteroatoms. The number of nitrogens with one attached hydrogen (secondary N) is 1. The van der Waals surface area contributed by atoms with E-state index in [0.717, 1.165) is 30.3 Å². The highest BCUT2D eigenvalue weighted by Crippen LogP contribution is 2.16. The molecule has 5 nitrogen and oxygen atoms in total.